The van der Waals surface area contributed by atoms with Crippen LogP contribution in [0.3, 0.4) is 0 Å². The van der Waals surface area contributed by atoms with Crippen LogP contribution in [-0.2, 0) is 4.74 Å². The third kappa shape index (κ3) is 4.42. The predicted octanol–water partition coefficient (Wildman–Crippen LogP) is 0.859. The van der Waals surface area contributed by atoms with Crippen LogP contribution in [-0.4, -0.2) is 72.3 Å². The number of anilines is 1. The fourth-order valence-electron chi connectivity index (χ4n) is 2.60. The van der Waals surface area contributed by atoms with Crippen LogP contribution < -0.4 is 9.64 Å². The molecule has 0 atom stereocenters. The fourth-order valence-corrected chi connectivity index (χ4v) is 2.60. The Morgan fingerprint density at radius 1 is 1.08 bits per heavy atom. The summed E-state index contributed by atoms with van der Waals surface area (Å²) in [5, 5.41) is 0. The number of piperazine rings is 1. The number of carbonyl (C=O) groups is 1. The van der Waals surface area contributed by atoms with E-state index in [4.69, 9.17) is 9.47 Å². The molecule has 1 amide bonds. The first-order chi connectivity index (χ1) is 12.3. The van der Waals surface area contributed by atoms with Gasteiger partial charge in [-0.25, -0.2) is 15.0 Å². The zero-order valence-electron chi connectivity index (χ0n) is 14.2. The van der Waals surface area contributed by atoms with E-state index in [1.54, 1.807) is 43.9 Å². The van der Waals surface area contributed by atoms with E-state index in [-0.39, 0.29) is 5.91 Å². The summed E-state index contributed by atoms with van der Waals surface area (Å²) >= 11 is 0. The molecule has 0 unspecified atom stereocenters. The van der Waals surface area contributed by atoms with Crippen molar-refractivity contribution < 1.29 is 14.3 Å². The summed E-state index contributed by atoms with van der Waals surface area (Å²) in [5.41, 5.74) is 0.576. The van der Waals surface area contributed by atoms with Gasteiger partial charge in [-0.3, -0.25) is 4.79 Å². The molecule has 3 heterocycles. The van der Waals surface area contributed by atoms with Crippen LogP contribution in [0, 0.1) is 0 Å². The lowest BCUT2D eigenvalue weighted by atomic mass is 10.2. The minimum atomic E-state index is -0.0207. The molecule has 0 aromatic carbocycles. The molecule has 132 valence electrons. The van der Waals surface area contributed by atoms with Crippen molar-refractivity contribution in [3.8, 4) is 5.88 Å². The van der Waals surface area contributed by atoms with Crippen LogP contribution in [0.15, 0.2) is 36.8 Å². The molecule has 0 aliphatic carbocycles. The average Bonchev–Trinajstić information content (AvgIpc) is 2.69. The SMILES string of the molecule is COCCOc1cc(C(=O)N2CCN(c3ncccn3)CC2)ccn1. The van der Waals surface area contributed by atoms with E-state index in [0.717, 1.165) is 0 Å². The van der Waals surface area contributed by atoms with Crippen LogP contribution in [0.25, 0.3) is 0 Å². The maximum atomic E-state index is 12.7. The fraction of sp³-hybridized carbons (Fsp3) is 0.412. The van der Waals surface area contributed by atoms with E-state index in [1.165, 1.54) is 0 Å². The van der Waals surface area contributed by atoms with Crippen LogP contribution in [0.2, 0.25) is 0 Å². The van der Waals surface area contributed by atoms with E-state index >= 15 is 0 Å². The molecule has 8 nitrogen and oxygen atoms in total. The Balaban J connectivity index is 1.58. The zero-order chi connectivity index (χ0) is 17.5. The summed E-state index contributed by atoms with van der Waals surface area (Å²) in [6, 6.07) is 5.17. The molecule has 8 heteroatoms. The lowest BCUT2D eigenvalue weighted by Crippen LogP contribution is -2.49. The van der Waals surface area contributed by atoms with Gasteiger partial charge in [0, 0.05) is 63.5 Å². The Labute approximate surface area is 146 Å². The summed E-state index contributed by atoms with van der Waals surface area (Å²) in [6.07, 6.45) is 5.04. The van der Waals surface area contributed by atoms with E-state index in [1.807, 2.05) is 4.90 Å². The lowest BCUT2D eigenvalue weighted by molar-refractivity contribution is 0.0745. The molecule has 3 rings (SSSR count). The predicted molar refractivity (Wildman–Crippen MR) is 91.8 cm³/mol. The Bertz CT molecular complexity index is 690. The second-order valence-electron chi connectivity index (χ2n) is 5.55. The van der Waals surface area contributed by atoms with Crippen LogP contribution in [0.5, 0.6) is 5.88 Å². The molecule has 2 aromatic heterocycles. The van der Waals surface area contributed by atoms with Crippen molar-refractivity contribution in [2.24, 2.45) is 0 Å². The number of nitrogens with zero attached hydrogens (tertiary/aromatic N) is 5. The van der Waals surface area contributed by atoms with Gasteiger partial charge in [-0.1, -0.05) is 0 Å². The minimum Gasteiger partial charge on any atom is -0.475 e. The number of rotatable bonds is 6. The molecule has 1 aliphatic heterocycles. The van der Waals surface area contributed by atoms with Gasteiger partial charge in [0.05, 0.1) is 6.61 Å². The van der Waals surface area contributed by atoms with Crippen molar-refractivity contribution in [3.63, 3.8) is 0 Å². The normalized spacial score (nSPS) is 14.4. The van der Waals surface area contributed by atoms with E-state index < -0.39 is 0 Å². The summed E-state index contributed by atoms with van der Waals surface area (Å²) in [6.45, 7) is 3.54. The molecule has 1 aliphatic rings. The number of hydrogen-bond donors (Lipinski definition) is 0. The second-order valence-corrected chi connectivity index (χ2v) is 5.55. The Morgan fingerprint density at radius 3 is 2.56 bits per heavy atom. The van der Waals surface area contributed by atoms with E-state index in [2.05, 4.69) is 19.9 Å². The topological polar surface area (TPSA) is 80.7 Å². The van der Waals surface area contributed by atoms with Crippen molar-refractivity contribution >= 4 is 11.9 Å². The molecule has 0 N–H and O–H groups in total. The summed E-state index contributed by atoms with van der Waals surface area (Å²) in [5.74, 6) is 1.11. The molecular formula is C17H21N5O3. The lowest BCUT2D eigenvalue weighted by Gasteiger charge is -2.34. The van der Waals surface area contributed by atoms with Gasteiger partial charge in [0.1, 0.15) is 6.61 Å². The monoisotopic (exact) mass is 343 g/mol. The molecule has 25 heavy (non-hydrogen) atoms. The first-order valence-electron chi connectivity index (χ1n) is 8.17. The molecule has 0 saturated carbocycles. The maximum absolute atomic E-state index is 12.7. The highest BCUT2D eigenvalue weighted by molar-refractivity contribution is 5.94. The Hall–Kier alpha value is -2.74. The molecule has 0 radical (unpaired) electrons. The Kier molecular flexibility index (Phi) is 5.73. The second kappa shape index (κ2) is 8.39. The number of aromatic nitrogens is 3. The van der Waals surface area contributed by atoms with Crippen LogP contribution >= 0.6 is 0 Å². The number of amides is 1. The van der Waals surface area contributed by atoms with Crippen LogP contribution in [0.4, 0.5) is 5.95 Å². The number of methoxy groups -OCH3 is 1. The molecule has 1 fully saturated rings. The van der Waals surface area contributed by atoms with E-state index in [9.17, 15) is 4.79 Å². The number of pyridine rings is 1. The van der Waals surface area contributed by atoms with Crippen molar-refractivity contribution in [1.82, 2.24) is 19.9 Å². The minimum absolute atomic E-state index is 0.0207. The quantitative estimate of drug-likeness (QED) is 0.720. The van der Waals surface area contributed by atoms with Crippen LogP contribution in [0.1, 0.15) is 10.4 Å². The number of carbonyl (C=O) groups excluding carboxylic acids is 1. The van der Waals surface area contributed by atoms with Crippen molar-refractivity contribution in [1.29, 1.82) is 0 Å². The average molecular weight is 343 g/mol. The molecule has 0 bridgehead atoms. The first-order valence-corrected chi connectivity index (χ1v) is 8.17. The third-order valence-electron chi connectivity index (χ3n) is 3.92. The Morgan fingerprint density at radius 2 is 1.84 bits per heavy atom. The first kappa shape index (κ1) is 17.1. The van der Waals surface area contributed by atoms with Gasteiger partial charge >= 0.3 is 0 Å². The van der Waals surface area contributed by atoms with Crippen molar-refractivity contribution in [2.45, 2.75) is 0 Å². The van der Waals surface area contributed by atoms with E-state index in [0.29, 0.717) is 56.8 Å². The van der Waals surface area contributed by atoms with Gasteiger partial charge in [-0.05, 0) is 12.1 Å². The molecule has 0 spiro atoms. The number of ether oxygens (including phenoxy) is 2. The largest absolute Gasteiger partial charge is 0.475 e. The van der Waals surface area contributed by atoms with Crippen molar-refractivity contribution in [3.05, 3.63) is 42.4 Å². The third-order valence-corrected chi connectivity index (χ3v) is 3.92. The molecule has 1 saturated heterocycles. The standard InChI is InChI=1S/C17H21N5O3/c1-24-11-12-25-15-13-14(3-6-18-15)16(23)21-7-9-22(10-8-21)17-19-4-2-5-20-17/h2-6,13H,7-12H2,1H3. The summed E-state index contributed by atoms with van der Waals surface area (Å²) in [7, 11) is 1.61. The van der Waals surface area contributed by atoms with Crippen molar-refractivity contribution in [2.75, 3.05) is 51.4 Å². The van der Waals surface area contributed by atoms with Gasteiger partial charge in [0.2, 0.25) is 11.8 Å². The van der Waals surface area contributed by atoms with Gasteiger partial charge in [0.25, 0.3) is 5.91 Å². The zero-order valence-corrected chi connectivity index (χ0v) is 14.2. The highest BCUT2D eigenvalue weighted by atomic mass is 16.5. The van der Waals surface area contributed by atoms with Gasteiger partial charge in [-0.15, -0.1) is 0 Å². The smallest absolute Gasteiger partial charge is 0.254 e. The molecule has 2 aromatic rings. The number of hydrogen-bond acceptors (Lipinski definition) is 7. The highest BCUT2D eigenvalue weighted by Gasteiger charge is 2.23. The highest BCUT2D eigenvalue weighted by Crippen LogP contribution is 2.15. The maximum Gasteiger partial charge on any atom is 0.254 e. The summed E-state index contributed by atoms with van der Waals surface area (Å²) < 4.78 is 10.4. The molecular weight excluding hydrogens is 322 g/mol. The van der Waals surface area contributed by atoms with Gasteiger partial charge in [0.15, 0.2) is 0 Å². The summed E-state index contributed by atoms with van der Waals surface area (Å²) in [4.78, 5) is 29.2. The van der Waals surface area contributed by atoms with Gasteiger partial charge < -0.3 is 19.3 Å². The van der Waals surface area contributed by atoms with Gasteiger partial charge in [-0.2, -0.15) is 0 Å².